The number of piperidine rings is 1. The lowest BCUT2D eigenvalue weighted by Gasteiger charge is -2.30. The minimum Gasteiger partial charge on any atom is -0.348 e. The second kappa shape index (κ2) is 5.29. The third kappa shape index (κ3) is 2.78. The van der Waals surface area contributed by atoms with E-state index in [1.807, 2.05) is 0 Å². The van der Waals surface area contributed by atoms with Crippen molar-refractivity contribution in [2.24, 2.45) is 5.92 Å². The van der Waals surface area contributed by atoms with E-state index in [0.717, 1.165) is 35.4 Å². The van der Waals surface area contributed by atoms with Crippen LogP contribution in [0.4, 0.5) is 9.52 Å². The highest BCUT2D eigenvalue weighted by Gasteiger charge is 2.19. The maximum Gasteiger partial charge on any atom is 0.185 e. The predicted molar refractivity (Wildman–Crippen MR) is 78.1 cm³/mol. The van der Waals surface area contributed by atoms with Crippen molar-refractivity contribution in [1.82, 2.24) is 4.98 Å². The Labute approximate surface area is 116 Å². The van der Waals surface area contributed by atoms with Crippen LogP contribution in [0.3, 0.4) is 0 Å². The molecule has 0 spiro atoms. The second-order valence-electron chi connectivity index (χ2n) is 5.22. The number of halogens is 1. The van der Waals surface area contributed by atoms with Gasteiger partial charge < -0.3 is 4.90 Å². The summed E-state index contributed by atoms with van der Waals surface area (Å²) < 4.78 is 12.9. The van der Waals surface area contributed by atoms with Gasteiger partial charge in [0, 0.05) is 24.0 Å². The van der Waals surface area contributed by atoms with Crippen LogP contribution in [0, 0.1) is 11.7 Å². The highest BCUT2D eigenvalue weighted by atomic mass is 32.1. The molecular formula is C15H17FN2S. The van der Waals surface area contributed by atoms with Gasteiger partial charge in [-0.2, -0.15) is 0 Å². The molecule has 1 atom stereocenters. The van der Waals surface area contributed by atoms with Crippen LogP contribution >= 0.6 is 11.3 Å². The maximum atomic E-state index is 12.9. The zero-order valence-electron chi connectivity index (χ0n) is 11.0. The van der Waals surface area contributed by atoms with Gasteiger partial charge in [0.25, 0.3) is 0 Å². The van der Waals surface area contributed by atoms with Gasteiger partial charge in [-0.05, 0) is 43.0 Å². The summed E-state index contributed by atoms with van der Waals surface area (Å²) in [5, 5.41) is 3.15. The van der Waals surface area contributed by atoms with Crippen LogP contribution < -0.4 is 4.90 Å². The Morgan fingerprint density at radius 1 is 1.32 bits per heavy atom. The highest BCUT2D eigenvalue weighted by Crippen LogP contribution is 2.30. The predicted octanol–water partition coefficient (Wildman–Crippen LogP) is 4.19. The Kier molecular flexibility index (Phi) is 3.51. The monoisotopic (exact) mass is 276 g/mol. The van der Waals surface area contributed by atoms with Crippen molar-refractivity contribution in [3.8, 4) is 11.3 Å². The number of benzene rings is 1. The van der Waals surface area contributed by atoms with E-state index >= 15 is 0 Å². The van der Waals surface area contributed by atoms with Gasteiger partial charge in [-0.1, -0.05) is 6.92 Å². The molecule has 1 aromatic carbocycles. The molecule has 0 saturated carbocycles. The fourth-order valence-corrected chi connectivity index (χ4v) is 3.40. The number of anilines is 1. The van der Waals surface area contributed by atoms with Crippen molar-refractivity contribution in [2.75, 3.05) is 18.0 Å². The molecule has 19 heavy (non-hydrogen) atoms. The molecule has 0 N–H and O–H groups in total. The summed E-state index contributed by atoms with van der Waals surface area (Å²) in [6.45, 7) is 4.48. The van der Waals surface area contributed by atoms with E-state index in [0.29, 0.717) is 0 Å². The smallest absolute Gasteiger partial charge is 0.185 e. The molecule has 1 aliphatic heterocycles. The maximum absolute atomic E-state index is 12.9. The first-order chi connectivity index (χ1) is 9.22. The molecule has 2 heterocycles. The molecule has 1 saturated heterocycles. The van der Waals surface area contributed by atoms with Gasteiger partial charge in [-0.15, -0.1) is 11.3 Å². The molecule has 2 nitrogen and oxygen atoms in total. The minimum absolute atomic E-state index is 0.205. The van der Waals surface area contributed by atoms with Crippen molar-refractivity contribution in [3.05, 3.63) is 35.5 Å². The Balaban J connectivity index is 1.81. The Bertz CT molecular complexity index is 550. The Morgan fingerprint density at radius 2 is 2.11 bits per heavy atom. The van der Waals surface area contributed by atoms with E-state index in [9.17, 15) is 4.39 Å². The largest absolute Gasteiger partial charge is 0.348 e. The van der Waals surface area contributed by atoms with Crippen LogP contribution in [0.15, 0.2) is 29.6 Å². The van der Waals surface area contributed by atoms with Gasteiger partial charge in [-0.3, -0.25) is 0 Å². The van der Waals surface area contributed by atoms with Gasteiger partial charge >= 0.3 is 0 Å². The zero-order chi connectivity index (χ0) is 13.2. The normalized spacial score (nSPS) is 19.7. The lowest BCUT2D eigenvalue weighted by atomic mass is 10.0. The Hall–Kier alpha value is -1.42. The number of rotatable bonds is 2. The fraction of sp³-hybridized carbons (Fsp3) is 0.400. The van der Waals surface area contributed by atoms with Crippen molar-refractivity contribution >= 4 is 16.5 Å². The first-order valence-corrected chi connectivity index (χ1v) is 7.57. The van der Waals surface area contributed by atoms with E-state index in [1.54, 1.807) is 23.5 Å². The molecule has 2 aromatic rings. The molecular weight excluding hydrogens is 259 g/mol. The summed E-state index contributed by atoms with van der Waals surface area (Å²) in [6, 6.07) is 6.54. The standard InChI is InChI=1S/C15H17FN2S/c1-11-3-2-8-18(9-11)15-17-14(10-19-15)12-4-6-13(16)7-5-12/h4-7,10-11H,2-3,8-9H2,1H3. The lowest BCUT2D eigenvalue weighted by molar-refractivity contribution is 0.446. The molecule has 1 aliphatic rings. The highest BCUT2D eigenvalue weighted by molar-refractivity contribution is 7.14. The number of thiazole rings is 1. The summed E-state index contributed by atoms with van der Waals surface area (Å²) in [5.41, 5.74) is 1.92. The molecule has 0 bridgehead atoms. The molecule has 0 aliphatic carbocycles. The fourth-order valence-electron chi connectivity index (χ4n) is 2.53. The molecule has 3 rings (SSSR count). The quantitative estimate of drug-likeness (QED) is 0.817. The summed E-state index contributed by atoms with van der Waals surface area (Å²) in [6.07, 6.45) is 2.55. The number of hydrogen-bond acceptors (Lipinski definition) is 3. The molecule has 1 fully saturated rings. The zero-order valence-corrected chi connectivity index (χ0v) is 11.8. The van der Waals surface area contributed by atoms with Gasteiger partial charge in [0.15, 0.2) is 5.13 Å². The average Bonchev–Trinajstić information content (AvgIpc) is 2.89. The average molecular weight is 276 g/mol. The van der Waals surface area contributed by atoms with E-state index in [1.165, 1.54) is 25.0 Å². The minimum atomic E-state index is -0.205. The van der Waals surface area contributed by atoms with Gasteiger partial charge in [0.1, 0.15) is 5.82 Å². The molecule has 0 amide bonds. The van der Waals surface area contributed by atoms with Crippen LogP contribution in [0.1, 0.15) is 19.8 Å². The summed E-state index contributed by atoms with van der Waals surface area (Å²) in [7, 11) is 0. The van der Waals surface area contributed by atoms with Crippen LogP contribution in [0.25, 0.3) is 11.3 Å². The number of aromatic nitrogens is 1. The van der Waals surface area contributed by atoms with Crippen LogP contribution in [0.5, 0.6) is 0 Å². The SMILES string of the molecule is CC1CCCN(c2nc(-c3ccc(F)cc3)cs2)C1. The van der Waals surface area contributed by atoms with Crippen molar-refractivity contribution < 1.29 is 4.39 Å². The lowest BCUT2D eigenvalue weighted by Crippen LogP contribution is -2.34. The van der Waals surface area contributed by atoms with Gasteiger partial charge in [0.05, 0.1) is 5.69 Å². The van der Waals surface area contributed by atoms with Crippen molar-refractivity contribution in [3.63, 3.8) is 0 Å². The van der Waals surface area contributed by atoms with Crippen molar-refractivity contribution in [2.45, 2.75) is 19.8 Å². The third-order valence-corrected chi connectivity index (χ3v) is 4.46. The summed E-state index contributed by atoms with van der Waals surface area (Å²) in [4.78, 5) is 7.06. The Morgan fingerprint density at radius 3 is 2.84 bits per heavy atom. The van der Waals surface area contributed by atoms with Gasteiger partial charge in [-0.25, -0.2) is 9.37 Å². The summed E-state index contributed by atoms with van der Waals surface area (Å²) in [5.74, 6) is 0.538. The van der Waals surface area contributed by atoms with Crippen LogP contribution in [0.2, 0.25) is 0 Å². The van der Waals surface area contributed by atoms with E-state index in [-0.39, 0.29) is 5.82 Å². The number of hydrogen-bond donors (Lipinski definition) is 0. The van der Waals surface area contributed by atoms with Gasteiger partial charge in [0.2, 0.25) is 0 Å². The second-order valence-corrected chi connectivity index (χ2v) is 6.05. The van der Waals surface area contributed by atoms with E-state index in [2.05, 4.69) is 17.2 Å². The van der Waals surface area contributed by atoms with Crippen LogP contribution in [-0.4, -0.2) is 18.1 Å². The topological polar surface area (TPSA) is 16.1 Å². The van der Waals surface area contributed by atoms with E-state index < -0.39 is 0 Å². The first-order valence-electron chi connectivity index (χ1n) is 6.69. The summed E-state index contributed by atoms with van der Waals surface area (Å²) >= 11 is 1.68. The molecule has 100 valence electrons. The first kappa shape index (κ1) is 12.6. The van der Waals surface area contributed by atoms with Crippen LogP contribution in [-0.2, 0) is 0 Å². The molecule has 0 radical (unpaired) electrons. The molecule has 1 aromatic heterocycles. The molecule has 1 unspecified atom stereocenters. The number of nitrogens with zero attached hydrogens (tertiary/aromatic N) is 2. The molecule has 4 heteroatoms. The van der Waals surface area contributed by atoms with E-state index in [4.69, 9.17) is 4.98 Å². The van der Waals surface area contributed by atoms with Crippen molar-refractivity contribution in [1.29, 1.82) is 0 Å². The third-order valence-electron chi connectivity index (χ3n) is 3.56.